The predicted molar refractivity (Wildman–Crippen MR) is 134 cm³/mol. The monoisotopic (exact) mass is 440 g/mol. The first-order chi connectivity index (χ1) is 15.9. The molecule has 0 amide bonds. The van der Waals surface area contributed by atoms with E-state index in [4.69, 9.17) is 26.9 Å². The van der Waals surface area contributed by atoms with E-state index in [1.165, 1.54) is 7.11 Å². The lowest BCUT2D eigenvalue weighted by Gasteiger charge is -2.22. The summed E-state index contributed by atoms with van der Waals surface area (Å²) in [5.74, 6) is -0.190. The van der Waals surface area contributed by atoms with Crippen molar-refractivity contribution in [2.75, 3.05) is 34.9 Å². The summed E-state index contributed by atoms with van der Waals surface area (Å²) in [5, 5.41) is 6.38. The van der Waals surface area contributed by atoms with E-state index in [0.717, 1.165) is 5.69 Å². The third-order valence-electron chi connectivity index (χ3n) is 4.93. The third-order valence-corrected chi connectivity index (χ3v) is 4.93. The number of nitrogens with zero attached hydrogens (tertiary/aromatic N) is 1. The highest BCUT2D eigenvalue weighted by molar-refractivity contribution is 6.26. The van der Waals surface area contributed by atoms with Gasteiger partial charge in [-0.3, -0.25) is 4.79 Å². The highest BCUT2D eigenvalue weighted by atomic mass is 16.5. The molecule has 0 unspecified atom stereocenters. The van der Waals surface area contributed by atoms with Gasteiger partial charge in [0.25, 0.3) is 0 Å². The zero-order chi connectivity index (χ0) is 23.4. The molecule has 33 heavy (non-hydrogen) atoms. The standard InChI is InChI=1S/C25H24N6O2/c1-33-25-23(31-20-12-6-17(28)7-13-20)21(29-18-8-2-15(26)3-9-18)14-22(24(25)32)30-19-10-4-16(27)5-11-19/h2-14,30-31H,26-28H2,1H3. The van der Waals surface area contributed by atoms with E-state index in [1.807, 2.05) is 12.1 Å². The molecule has 166 valence electrons. The normalized spacial score (nSPS) is 14.8. The molecule has 1 aliphatic rings. The van der Waals surface area contributed by atoms with Crippen LogP contribution in [0, 0.1) is 0 Å². The van der Waals surface area contributed by atoms with Crippen LogP contribution in [0.25, 0.3) is 0 Å². The van der Waals surface area contributed by atoms with Crippen molar-refractivity contribution in [2.24, 2.45) is 4.99 Å². The number of anilines is 5. The van der Waals surface area contributed by atoms with Crippen molar-refractivity contribution in [3.63, 3.8) is 0 Å². The van der Waals surface area contributed by atoms with Gasteiger partial charge in [0.15, 0.2) is 5.76 Å². The Kier molecular flexibility index (Phi) is 5.99. The number of hydrogen-bond acceptors (Lipinski definition) is 8. The molecule has 0 radical (unpaired) electrons. The van der Waals surface area contributed by atoms with Crippen LogP contribution in [-0.2, 0) is 9.53 Å². The van der Waals surface area contributed by atoms with Gasteiger partial charge >= 0.3 is 0 Å². The molecule has 0 fully saturated rings. The van der Waals surface area contributed by atoms with E-state index in [-0.39, 0.29) is 11.5 Å². The van der Waals surface area contributed by atoms with Gasteiger partial charge in [0, 0.05) is 28.4 Å². The number of rotatable bonds is 6. The molecule has 0 atom stereocenters. The second kappa shape index (κ2) is 9.19. The van der Waals surface area contributed by atoms with Crippen molar-refractivity contribution in [2.45, 2.75) is 0 Å². The molecule has 0 aliphatic heterocycles. The van der Waals surface area contributed by atoms with Crippen molar-refractivity contribution in [3.8, 4) is 0 Å². The summed E-state index contributed by atoms with van der Waals surface area (Å²) in [6.45, 7) is 0. The van der Waals surface area contributed by atoms with Crippen LogP contribution >= 0.6 is 0 Å². The molecule has 8 N–H and O–H groups in total. The van der Waals surface area contributed by atoms with Crippen LogP contribution in [0.2, 0.25) is 0 Å². The van der Waals surface area contributed by atoms with Gasteiger partial charge in [0.1, 0.15) is 5.70 Å². The first-order valence-electron chi connectivity index (χ1n) is 10.2. The Labute approximate surface area is 191 Å². The molecule has 8 heteroatoms. The van der Waals surface area contributed by atoms with Crippen LogP contribution in [0.5, 0.6) is 0 Å². The summed E-state index contributed by atoms with van der Waals surface area (Å²) in [6, 6.07) is 21.4. The second-order valence-corrected chi connectivity index (χ2v) is 7.38. The van der Waals surface area contributed by atoms with E-state index in [0.29, 0.717) is 45.5 Å². The Morgan fingerprint density at radius 3 is 1.73 bits per heavy atom. The quantitative estimate of drug-likeness (QED) is 0.287. The van der Waals surface area contributed by atoms with Crippen molar-refractivity contribution >= 4 is 45.6 Å². The Hall–Kier alpha value is -4.72. The number of aliphatic imine (C=N–C) groups is 1. The van der Waals surface area contributed by atoms with E-state index >= 15 is 0 Å². The molecule has 0 heterocycles. The van der Waals surface area contributed by atoms with Crippen molar-refractivity contribution in [1.29, 1.82) is 0 Å². The Bertz CT molecular complexity index is 1260. The van der Waals surface area contributed by atoms with Crippen molar-refractivity contribution in [1.82, 2.24) is 0 Å². The third kappa shape index (κ3) is 4.96. The number of allylic oxidation sites excluding steroid dienone is 1. The van der Waals surface area contributed by atoms with Gasteiger partial charge in [0.05, 0.1) is 24.2 Å². The summed E-state index contributed by atoms with van der Waals surface area (Å²) in [7, 11) is 1.45. The Morgan fingerprint density at radius 1 is 0.727 bits per heavy atom. The number of nitrogen functional groups attached to an aromatic ring is 3. The summed E-state index contributed by atoms with van der Waals surface area (Å²) in [4.78, 5) is 18.0. The largest absolute Gasteiger partial charge is 0.491 e. The van der Waals surface area contributed by atoms with Crippen LogP contribution in [0.4, 0.5) is 34.1 Å². The smallest absolute Gasteiger partial charge is 0.245 e. The predicted octanol–water partition coefficient (Wildman–Crippen LogP) is 4.05. The van der Waals surface area contributed by atoms with E-state index in [2.05, 4.69) is 10.6 Å². The molecule has 3 aromatic rings. The van der Waals surface area contributed by atoms with Crippen molar-refractivity contribution in [3.05, 3.63) is 96.0 Å². The van der Waals surface area contributed by atoms with E-state index in [9.17, 15) is 4.79 Å². The van der Waals surface area contributed by atoms with Gasteiger partial charge < -0.3 is 32.6 Å². The molecule has 8 nitrogen and oxygen atoms in total. The van der Waals surface area contributed by atoms with Crippen molar-refractivity contribution < 1.29 is 9.53 Å². The molecule has 0 saturated heterocycles. The molecule has 4 rings (SSSR count). The number of carbonyl (C=O) groups is 1. The average molecular weight is 441 g/mol. The Balaban J connectivity index is 1.77. The maximum atomic E-state index is 13.3. The number of carbonyl (C=O) groups excluding carboxylic acids is 1. The summed E-state index contributed by atoms with van der Waals surface area (Å²) in [5.41, 5.74) is 22.6. The number of methoxy groups -OCH3 is 1. The molecule has 3 aromatic carbocycles. The van der Waals surface area contributed by atoms with Crippen LogP contribution in [0.3, 0.4) is 0 Å². The maximum absolute atomic E-state index is 13.3. The number of nitrogens with two attached hydrogens (primary N) is 3. The topological polar surface area (TPSA) is 141 Å². The highest BCUT2D eigenvalue weighted by Gasteiger charge is 2.29. The minimum atomic E-state index is -0.316. The molecular weight excluding hydrogens is 416 g/mol. The molecule has 1 aliphatic carbocycles. The van der Waals surface area contributed by atoms with Gasteiger partial charge in [-0.2, -0.15) is 0 Å². The zero-order valence-corrected chi connectivity index (χ0v) is 18.0. The number of ether oxygens (including phenoxy) is 1. The van der Waals surface area contributed by atoms with Gasteiger partial charge in [0.2, 0.25) is 5.78 Å². The lowest BCUT2D eigenvalue weighted by atomic mass is 10.0. The van der Waals surface area contributed by atoms with Gasteiger partial charge in [-0.05, 0) is 78.9 Å². The van der Waals surface area contributed by atoms with Gasteiger partial charge in [-0.1, -0.05) is 0 Å². The first-order valence-corrected chi connectivity index (χ1v) is 10.2. The number of benzene rings is 3. The van der Waals surface area contributed by atoms with Gasteiger partial charge in [-0.15, -0.1) is 0 Å². The van der Waals surface area contributed by atoms with Crippen LogP contribution in [0.15, 0.2) is 101 Å². The summed E-state index contributed by atoms with van der Waals surface area (Å²) < 4.78 is 5.53. The lowest BCUT2D eigenvalue weighted by Crippen LogP contribution is -2.27. The molecule has 0 aromatic heterocycles. The summed E-state index contributed by atoms with van der Waals surface area (Å²) in [6.07, 6.45) is 1.68. The molecule has 0 spiro atoms. The molecule has 0 saturated carbocycles. The van der Waals surface area contributed by atoms with Gasteiger partial charge in [-0.25, -0.2) is 4.99 Å². The van der Waals surface area contributed by atoms with E-state index < -0.39 is 0 Å². The summed E-state index contributed by atoms with van der Waals surface area (Å²) >= 11 is 0. The number of nitrogens with one attached hydrogen (secondary N) is 2. The highest BCUT2D eigenvalue weighted by Crippen LogP contribution is 2.27. The fraction of sp³-hybridized carbons (Fsp3) is 0.0400. The first kappa shape index (κ1) is 21.5. The van der Waals surface area contributed by atoms with E-state index in [1.54, 1.807) is 66.7 Å². The zero-order valence-electron chi connectivity index (χ0n) is 18.0. The number of hydrogen-bond donors (Lipinski definition) is 5. The minimum absolute atomic E-state index is 0.126. The maximum Gasteiger partial charge on any atom is 0.245 e. The molecule has 0 bridgehead atoms. The number of ketones is 1. The lowest BCUT2D eigenvalue weighted by molar-refractivity contribution is -0.115. The Morgan fingerprint density at radius 2 is 1.21 bits per heavy atom. The van der Waals surface area contributed by atoms with Crippen LogP contribution < -0.4 is 27.8 Å². The SMILES string of the molecule is COC1=C(Nc2ccc(N)cc2)C(=Nc2ccc(N)cc2)C=C(Nc2ccc(N)cc2)C1=O. The van der Waals surface area contributed by atoms with Crippen LogP contribution in [0.1, 0.15) is 0 Å². The average Bonchev–Trinajstić information content (AvgIpc) is 2.81. The number of Topliss-reactive ketones (excluding diaryl/α,β-unsaturated/α-hetero) is 1. The van der Waals surface area contributed by atoms with Crippen LogP contribution in [-0.4, -0.2) is 18.6 Å². The fourth-order valence-corrected chi connectivity index (χ4v) is 3.24. The minimum Gasteiger partial charge on any atom is -0.491 e. The molecular formula is C25H24N6O2. The second-order valence-electron chi connectivity index (χ2n) is 7.38. The fourth-order valence-electron chi connectivity index (χ4n) is 3.24.